The Hall–Kier alpha value is -1.43. The fourth-order valence-corrected chi connectivity index (χ4v) is 7.22. The van der Waals surface area contributed by atoms with Gasteiger partial charge in [0.25, 0.3) is 0 Å². The lowest BCUT2D eigenvalue weighted by Gasteiger charge is -2.26. The van der Waals surface area contributed by atoms with Gasteiger partial charge in [-0.2, -0.15) is 0 Å². The molecular weight excluding hydrogens is 667 g/mol. The van der Waals surface area contributed by atoms with Crippen LogP contribution in [-0.4, -0.2) is 46.1 Å². The molecule has 5 heteroatoms. The van der Waals surface area contributed by atoms with Gasteiger partial charge in [0.15, 0.2) is 0 Å². The van der Waals surface area contributed by atoms with Crippen molar-refractivity contribution in [3.8, 4) is 0 Å². The molecule has 0 bridgehead atoms. The maximum atomic E-state index is 12.4. The number of aliphatic hydroxyl groups excluding tert-OH is 3. The number of allylic oxidation sites excluding steroid dienone is 6. The van der Waals surface area contributed by atoms with Gasteiger partial charge in [0.05, 0.1) is 18.8 Å². The molecule has 0 aromatic rings. The molecule has 0 heterocycles. The summed E-state index contributed by atoms with van der Waals surface area (Å²) in [7, 11) is 0. The van der Waals surface area contributed by atoms with E-state index in [2.05, 4.69) is 55.6 Å². The van der Waals surface area contributed by atoms with Crippen molar-refractivity contribution in [3.05, 3.63) is 36.5 Å². The van der Waals surface area contributed by atoms with Crippen molar-refractivity contribution in [1.29, 1.82) is 0 Å². The molecule has 0 aromatic carbocycles. The van der Waals surface area contributed by atoms with E-state index in [0.717, 1.165) is 51.4 Å². The molecule has 0 spiro atoms. The summed E-state index contributed by atoms with van der Waals surface area (Å²) in [6.45, 7) is 4.12. The third-order valence-corrected chi connectivity index (χ3v) is 10.9. The van der Waals surface area contributed by atoms with Crippen LogP contribution in [-0.2, 0) is 4.79 Å². The van der Waals surface area contributed by atoms with E-state index in [4.69, 9.17) is 0 Å². The monoisotopic (exact) mass is 760 g/mol. The molecule has 0 aromatic heterocycles. The van der Waals surface area contributed by atoms with Crippen molar-refractivity contribution in [1.82, 2.24) is 5.32 Å². The van der Waals surface area contributed by atoms with E-state index in [1.54, 1.807) is 0 Å². The Kier molecular flexibility index (Phi) is 43.1. The molecule has 0 aliphatic heterocycles. The Bertz CT molecular complexity index is 840. The molecule has 318 valence electrons. The number of nitrogens with one attached hydrogen (secondary N) is 1. The molecule has 3 atom stereocenters. The first-order valence-electron chi connectivity index (χ1n) is 23.8. The Morgan fingerprint density at radius 3 is 1.19 bits per heavy atom. The first-order valence-corrected chi connectivity index (χ1v) is 23.8. The van der Waals surface area contributed by atoms with Crippen LogP contribution in [0, 0.1) is 0 Å². The number of amides is 1. The molecule has 0 saturated heterocycles. The fourth-order valence-electron chi connectivity index (χ4n) is 7.22. The Labute approximate surface area is 336 Å². The van der Waals surface area contributed by atoms with Gasteiger partial charge in [-0.25, -0.2) is 0 Å². The third-order valence-electron chi connectivity index (χ3n) is 10.9. The van der Waals surface area contributed by atoms with Crippen LogP contribution in [0.5, 0.6) is 0 Å². The number of hydrogen-bond donors (Lipinski definition) is 4. The highest BCUT2D eigenvalue weighted by Gasteiger charge is 2.26. The second-order valence-corrected chi connectivity index (χ2v) is 16.3. The average Bonchev–Trinajstić information content (AvgIpc) is 3.18. The van der Waals surface area contributed by atoms with Crippen LogP contribution in [0.15, 0.2) is 36.5 Å². The summed E-state index contributed by atoms with van der Waals surface area (Å²) in [4.78, 5) is 12.4. The van der Waals surface area contributed by atoms with Gasteiger partial charge >= 0.3 is 0 Å². The normalized spacial score (nSPS) is 13.8. The van der Waals surface area contributed by atoms with Gasteiger partial charge in [-0.15, -0.1) is 0 Å². The zero-order valence-corrected chi connectivity index (χ0v) is 36.1. The van der Waals surface area contributed by atoms with Crippen molar-refractivity contribution in [2.24, 2.45) is 0 Å². The van der Waals surface area contributed by atoms with Crippen LogP contribution in [0.3, 0.4) is 0 Å². The van der Waals surface area contributed by atoms with E-state index >= 15 is 0 Å². The predicted octanol–water partition coefficient (Wildman–Crippen LogP) is 13.9. The standard InChI is InChI=1S/C49H93NO4/c1-3-5-7-9-11-13-15-16-17-18-19-20-21-22-23-24-25-26-27-28-29-30-31-32-34-36-38-40-42-44-48(53)50-46(45-51)49(54)47(52)43-41-39-37-35-33-14-12-10-8-6-4-2/h10,12,22-23,35,37,46-47,49,51-52,54H,3-9,11,13-21,24-34,36,38-45H2,1-2H3,(H,50,53)/b12-10+,23-22-,37-35+. The van der Waals surface area contributed by atoms with Gasteiger partial charge in [0.2, 0.25) is 5.91 Å². The van der Waals surface area contributed by atoms with E-state index in [1.807, 2.05) is 0 Å². The number of aliphatic hydroxyl groups is 3. The zero-order valence-electron chi connectivity index (χ0n) is 36.1. The Morgan fingerprint density at radius 2 is 0.778 bits per heavy atom. The summed E-state index contributed by atoms with van der Waals surface area (Å²) >= 11 is 0. The molecule has 0 saturated carbocycles. The molecular formula is C49H93NO4. The zero-order chi connectivity index (χ0) is 39.4. The minimum Gasteiger partial charge on any atom is -0.394 e. The smallest absolute Gasteiger partial charge is 0.220 e. The summed E-state index contributed by atoms with van der Waals surface area (Å²) < 4.78 is 0. The van der Waals surface area contributed by atoms with Crippen LogP contribution < -0.4 is 5.32 Å². The SMILES string of the molecule is CCCC/C=C/CC/C=C/CCCC(O)C(O)C(CO)NC(=O)CCCCCCCCCCCCCCC/C=C\CCCCCCCCCCCCCC. The predicted molar refractivity (Wildman–Crippen MR) is 236 cm³/mol. The molecule has 0 radical (unpaired) electrons. The Balaban J connectivity index is 3.53. The van der Waals surface area contributed by atoms with Gasteiger partial charge in [-0.3, -0.25) is 4.79 Å². The lowest BCUT2D eigenvalue weighted by atomic mass is 10.0. The lowest BCUT2D eigenvalue weighted by Crippen LogP contribution is -2.50. The number of hydrogen-bond acceptors (Lipinski definition) is 4. The first kappa shape index (κ1) is 52.6. The largest absolute Gasteiger partial charge is 0.394 e. The maximum absolute atomic E-state index is 12.4. The average molecular weight is 760 g/mol. The summed E-state index contributed by atoms with van der Waals surface area (Å²) in [5, 5.41) is 33.4. The first-order chi connectivity index (χ1) is 26.6. The topological polar surface area (TPSA) is 89.8 Å². The van der Waals surface area contributed by atoms with Gasteiger partial charge in [-0.1, -0.05) is 204 Å². The number of rotatable bonds is 43. The highest BCUT2D eigenvalue weighted by atomic mass is 16.3. The van der Waals surface area contributed by atoms with Gasteiger partial charge in [0, 0.05) is 6.42 Å². The third kappa shape index (κ3) is 38.8. The van der Waals surface area contributed by atoms with Crippen molar-refractivity contribution < 1.29 is 20.1 Å². The number of carbonyl (C=O) groups excluding carboxylic acids is 1. The van der Waals surface area contributed by atoms with Crippen LogP contribution in [0.2, 0.25) is 0 Å². The number of unbranched alkanes of at least 4 members (excludes halogenated alkanes) is 29. The lowest BCUT2D eigenvalue weighted by molar-refractivity contribution is -0.124. The molecule has 0 aliphatic rings. The second kappa shape index (κ2) is 44.3. The van der Waals surface area contributed by atoms with Gasteiger partial charge < -0.3 is 20.6 Å². The second-order valence-electron chi connectivity index (χ2n) is 16.3. The molecule has 54 heavy (non-hydrogen) atoms. The van der Waals surface area contributed by atoms with E-state index in [9.17, 15) is 20.1 Å². The van der Waals surface area contributed by atoms with Crippen LogP contribution >= 0.6 is 0 Å². The van der Waals surface area contributed by atoms with Crippen LogP contribution in [0.25, 0.3) is 0 Å². The van der Waals surface area contributed by atoms with E-state index in [-0.39, 0.29) is 12.5 Å². The molecule has 1 amide bonds. The minimum atomic E-state index is -1.16. The summed E-state index contributed by atoms with van der Waals surface area (Å²) in [5.74, 6) is -0.159. The van der Waals surface area contributed by atoms with Crippen molar-refractivity contribution >= 4 is 5.91 Å². The molecule has 3 unspecified atom stereocenters. The molecule has 0 rings (SSSR count). The van der Waals surface area contributed by atoms with Crippen LogP contribution in [0.1, 0.15) is 245 Å². The van der Waals surface area contributed by atoms with E-state index in [1.165, 1.54) is 167 Å². The van der Waals surface area contributed by atoms with Crippen molar-refractivity contribution in [2.45, 2.75) is 263 Å². The van der Waals surface area contributed by atoms with Gasteiger partial charge in [-0.05, 0) is 70.6 Å². The number of carbonyl (C=O) groups is 1. The van der Waals surface area contributed by atoms with E-state index in [0.29, 0.717) is 12.8 Å². The van der Waals surface area contributed by atoms with Crippen molar-refractivity contribution in [2.75, 3.05) is 6.61 Å². The van der Waals surface area contributed by atoms with E-state index < -0.39 is 18.2 Å². The van der Waals surface area contributed by atoms with Crippen molar-refractivity contribution in [3.63, 3.8) is 0 Å². The molecule has 0 aliphatic carbocycles. The summed E-state index contributed by atoms with van der Waals surface area (Å²) in [6.07, 6.45) is 55.7. The fraction of sp³-hybridized carbons (Fsp3) is 0.857. The molecule has 4 N–H and O–H groups in total. The Morgan fingerprint density at radius 1 is 0.444 bits per heavy atom. The van der Waals surface area contributed by atoms with Crippen LogP contribution in [0.4, 0.5) is 0 Å². The maximum Gasteiger partial charge on any atom is 0.220 e. The molecule has 0 fully saturated rings. The quantitative estimate of drug-likeness (QED) is 0.0368. The van der Waals surface area contributed by atoms with Gasteiger partial charge in [0.1, 0.15) is 6.10 Å². The highest BCUT2D eigenvalue weighted by Crippen LogP contribution is 2.16. The highest BCUT2D eigenvalue weighted by molar-refractivity contribution is 5.76. The summed E-state index contributed by atoms with van der Waals surface area (Å²) in [5.41, 5.74) is 0. The minimum absolute atomic E-state index is 0.159. The molecule has 5 nitrogen and oxygen atoms in total. The summed E-state index contributed by atoms with van der Waals surface area (Å²) in [6, 6.07) is -0.830.